The number of nitrogens with zero attached hydrogens (tertiary/aromatic N) is 1. The molecule has 3 amide bonds. The lowest BCUT2D eigenvalue weighted by molar-refractivity contribution is -0.127. The van der Waals surface area contributed by atoms with Crippen LogP contribution in [0.2, 0.25) is 0 Å². The van der Waals surface area contributed by atoms with Crippen LogP contribution in [-0.4, -0.2) is 41.7 Å². The van der Waals surface area contributed by atoms with E-state index in [1.54, 1.807) is 37.5 Å². The Hall–Kier alpha value is -3.78. The number of amides is 3. The van der Waals surface area contributed by atoms with E-state index in [1.165, 1.54) is 0 Å². The van der Waals surface area contributed by atoms with Crippen LogP contribution in [0.25, 0.3) is 16.8 Å². The molecule has 7 nitrogen and oxygen atoms in total. The number of ether oxygens (including phenoxy) is 2. The molecule has 35 heavy (non-hydrogen) atoms. The van der Waals surface area contributed by atoms with Crippen LogP contribution in [0.3, 0.4) is 0 Å². The first-order valence-corrected chi connectivity index (χ1v) is 12.1. The maximum atomic E-state index is 12.9. The number of anilines is 1. The molecule has 0 aromatic heterocycles. The van der Waals surface area contributed by atoms with Crippen LogP contribution in [0.1, 0.15) is 25.8 Å². The van der Waals surface area contributed by atoms with Gasteiger partial charge in [-0.3, -0.25) is 19.3 Å². The lowest BCUT2D eigenvalue weighted by Crippen LogP contribution is -2.36. The first-order valence-electron chi connectivity index (χ1n) is 11.3. The highest BCUT2D eigenvalue weighted by Crippen LogP contribution is 2.35. The average molecular weight is 491 g/mol. The Morgan fingerprint density at radius 2 is 1.86 bits per heavy atom. The molecule has 1 heterocycles. The Balaban J connectivity index is 1.47. The summed E-state index contributed by atoms with van der Waals surface area (Å²) in [6.45, 7) is 3.64. The summed E-state index contributed by atoms with van der Waals surface area (Å²) in [5.74, 6) is 0.190. The van der Waals surface area contributed by atoms with E-state index in [1.807, 2.05) is 50.2 Å². The van der Waals surface area contributed by atoms with E-state index < -0.39 is 17.1 Å². The van der Waals surface area contributed by atoms with Crippen molar-refractivity contribution in [3.8, 4) is 11.5 Å². The van der Waals surface area contributed by atoms with E-state index in [0.29, 0.717) is 22.7 Å². The molecule has 1 fully saturated rings. The minimum atomic E-state index is -0.507. The van der Waals surface area contributed by atoms with Crippen molar-refractivity contribution in [2.45, 2.75) is 26.4 Å². The standard InChI is InChI=1S/C27H26N2O5S/c1-4-17(2)34-22-13-12-18(14-23(22)33-3)15-24-26(31)29(27(32)35-24)16-25(30)28-21-11-7-9-19-8-5-6-10-20(19)21/h5-15,17H,4,16H2,1-3H3,(H,28,30)/b24-15+/t17-/m1/s1. The van der Waals surface area contributed by atoms with Crippen LogP contribution in [0, 0.1) is 0 Å². The van der Waals surface area contributed by atoms with E-state index in [0.717, 1.165) is 33.9 Å². The summed E-state index contributed by atoms with van der Waals surface area (Å²) in [4.78, 5) is 39.3. The number of hydrogen-bond acceptors (Lipinski definition) is 6. The zero-order valence-corrected chi connectivity index (χ0v) is 20.6. The van der Waals surface area contributed by atoms with E-state index in [9.17, 15) is 14.4 Å². The summed E-state index contributed by atoms with van der Waals surface area (Å²) in [7, 11) is 1.55. The number of hydrogen-bond donors (Lipinski definition) is 1. The van der Waals surface area contributed by atoms with E-state index in [4.69, 9.17) is 9.47 Å². The highest BCUT2D eigenvalue weighted by Gasteiger charge is 2.36. The van der Waals surface area contributed by atoms with Gasteiger partial charge < -0.3 is 14.8 Å². The fourth-order valence-electron chi connectivity index (χ4n) is 3.63. The zero-order chi connectivity index (χ0) is 24.9. The van der Waals surface area contributed by atoms with Gasteiger partial charge in [0.05, 0.1) is 18.1 Å². The molecule has 1 atom stereocenters. The quantitative estimate of drug-likeness (QED) is 0.408. The van der Waals surface area contributed by atoms with Gasteiger partial charge >= 0.3 is 0 Å². The molecule has 1 saturated heterocycles. The number of thioether (sulfide) groups is 1. The molecule has 0 spiro atoms. The van der Waals surface area contributed by atoms with Gasteiger partial charge in [-0.2, -0.15) is 0 Å². The molecule has 180 valence electrons. The van der Waals surface area contributed by atoms with Crippen LogP contribution < -0.4 is 14.8 Å². The molecule has 1 aliphatic heterocycles. The lowest BCUT2D eigenvalue weighted by atomic mass is 10.1. The van der Waals surface area contributed by atoms with Gasteiger partial charge in [-0.25, -0.2) is 0 Å². The molecule has 0 bridgehead atoms. The summed E-state index contributed by atoms with van der Waals surface area (Å²) < 4.78 is 11.3. The molecule has 0 aliphatic carbocycles. The molecule has 4 rings (SSSR count). The van der Waals surface area contributed by atoms with Crippen LogP contribution in [0.5, 0.6) is 11.5 Å². The molecule has 3 aromatic rings. The van der Waals surface area contributed by atoms with Crippen LogP contribution in [0.4, 0.5) is 10.5 Å². The smallest absolute Gasteiger partial charge is 0.294 e. The van der Waals surface area contributed by atoms with Gasteiger partial charge in [0.25, 0.3) is 11.1 Å². The van der Waals surface area contributed by atoms with Gasteiger partial charge in [0.15, 0.2) is 11.5 Å². The number of nitrogens with one attached hydrogen (secondary N) is 1. The van der Waals surface area contributed by atoms with Crippen LogP contribution >= 0.6 is 11.8 Å². The number of methoxy groups -OCH3 is 1. The predicted molar refractivity (Wildman–Crippen MR) is 139 cm³/mol. The average Bonchev–Trinajstić information content (AvgIpc) is 3.12. The molecule has 8 heteroatoms. The van der Waals surface area contributed by atoms with Gasteiger partial charge in [0.1, 0.15) is 6.54 Å². The molecule has 0 unspecified atom stereocenters. The molecule has 1 N–H and O–H groups in total. The number of benzene rings is 3. The first-order chi connectivity index (χ1) is 16.9. The number of carbonyl (C=O) groups is 3. The third-order valence-corrected chi connectivity index (χ3v) is 6.53. The van der Waals surface area contributed by atoms with Crippen molar-refractivity contribution in [2.75, 3.05) is 19.0 Å². The summed E-state index contributed by atoms with van der Waals surface area (Å²) in [6.07, 6.45) is 2.50. The minimum Gasteiger partial charge on any atom is -0.493 e. The van der Waals surface area contributed by atoms with Gasteiger partial charge in [-0.1, -0.05) is 49.4 Å². The van der Waals surface area contributed by atoms with Crippen molar-refractivity contribution < 1.29 is 23.9 Å². The topological polar surface area (TPSA) is 84.9 Å². The monoisotopic (exact) mass is 490 g/mol. The second-order valence-corrected chi connectivity index (χ2v) is 9.08. The molecular formula is C27H26N2O5S. The Bertz CT molecular complexity index is 1310. The summed E-state index contributed by atoms with van der Waals surface area (Å²) in [5.41, 5.74) is 1.31. The number of carbonyl (C=O) groups excluding carboxylic acids is 3. The second-order valence-electron chi connectivity index (χ2n) is 8.09. The molecule has 1 aliphatic rings. The maximum absolute atomic E-state index is 12.9. The van der Waals surface area contributed by atoms with E-state index in [2.05, 4.69) is 5.32 Å². The van der Waals surface area contributed by atoms with Crippen molar-refractivity contribution >= 4 is 51.4 Å². The SMILES string of the molecule is CC[C@@H](C)Oc1ccc(/C=C2/SC(=O)N(CC(=O)Nc3cccc4ccccc34)C2=O)cc1OC. The van der Waals surface area contributed by atoms with Crippen molar-refractivity contribution in [1.82, 2.24) is 4.90 Å². The second kappa shape index (κ2) is 10.7. The van der Waals surface area contributed by atoms with Crippen molar-refractivity contribution in [1.29, 1.82) is 0 Å². The maximum Gasteiger partial charge on any atom is 0.294 e. The third-order valence-electron chi connectivity index (χ3n) is 5.63. The highest BCUT2D eigenvalue weighted by atomic mass is 32.2. The van der Waals surface area contributed by atoms with Gasteiger partial charge in [-0.15, -0.1) is 0 Å². The Kier molecular flexibility index (Phi) is 7.41. The van der Waals surface area contributed by atoms with Crippen LogP contribution in [-0.2, 0) is 9.59 Å². The van der Waals surface area contributed by atoms with Crippen molar-refractivity contribution in [3.63, 3.8) is 0 Å². The minimum absolute atomic E-state index is 0.0336. The zero-order valence-electron chi connectivity index (χ0n) is 19.7. The van der Waals surface area contributed by atoms with Gasteiger partial charge in [0.2, 0.25) is 5.91 Å². The predicted octanol–water partition coefficient (Wildman–Crippen LogP) is 5.70. The van der Waals surface area contributed by atoms with Crippen molar-refractivity contribution in [3.05, 3.63) is 71.1 Å². The number of fused-ring (bicyclic) bond motifs is 1. The van der Waals surface area contributed by atoms with E-state index >= 15 is 0 Å². The first kappa shape index (κ1) is 24.3. The van der Waals surface area contributed by atoms with Crippen molar-refractivity contribution in [2.24, 2.45) is 0 Å². The number of rotatable bonds is 8. The summed E-state index contributed by atoms with van der Waals surface area (Å²) in [5, 5.41) is 4.19. The van der Waals surface area contributed by atoms with Gasteiger partial charge in [-0.05, 0) is 60.3 Å². The lowest BCUT2D eigenvalue weighted by Gasteiger charge is -2.15. The molecule has 3 aromatic carbocycles. The number of imide groups is 1. The summed E-state index contributed by atoms with van der Waals surface area (Å²) >= 11 is 0.806. The van der Waals surface area contributed by atoms with E-state index in [-0.39, 0.29) is 17.6 Å². The fourth-order valence-corrected chi connectivity index (χ4v) is 4.47. The largest absolute Gasteiger partial charge is 0.493 e. The van der Waals surface area contributed by atoms with Gasteiger partial charge in [0, 0.05) is 11.1 Å². The highest BCUT2D eigenvalue weighted by molar-refractivity contribution is 8.18. The molecular weight excluding hydrogens is 464 g/mol. The Morgan fingerprint density at radius 3 is 2.63 bits per heavy atom. The Labute approximate surface area is 208 Å². The summed E-state index contributed by atoms with van der Waals surface area (Å²) in [6, 6.07) is 18.6. The van der Waals surface area contributed by atoms with Crippen LogP contribution in [0.15, 0.2) is 65.6 Å². The molecule has 0 radical (unpaired) electrons. The normalized spacial score (nSPS) is 15.5. The molecule has 0 saturated carbocycles. The fraction of sp³-hybridized carbons (Fsp3) is 0.222. The Morgan fingerprint density at radius 1 is 1.09 bits per heavy atom. The third kappa shape index (κ3) is 5.49.